The molecule has 0 radical (unpaired) electrons. The summed E-state index contributed by atoms with van der Waals surface area (Å²) in [7, 11) is -4.28. The van der Waals surface area contributed by atoms with Gasteiger partial charge in [0.25, 0.3) is 0 Å². The van der Waals surface area contributed by atoms with Crippen LogP contribution < -0.4 is 15.3 Å². The predicted molar refractivity (Wildman–Crippen MR) is 162 cm³/mol. The quantitative estimate of drug-likeness (QED) is 0.142. The SMILES string of the molecule is Cc1nc(N)c2ncn([C@H]3C[C@@H](OP(=O)(N[C@@H](CC(C)C)C(=O)OCc4ccccc4)Oc4ccccc4)[C@@H](CO)O3)c2n1. The van der Waals surface area contributed by atoms with Gasteiger partial charge in [0, 0.05) is 6.42 Å². The molecule has 0 aliphatic carbocycles. The summed E-state index contributed by atoms with van der Waals surface area (Å²) in [5.41, 5.74) is 7.72. The van der Waals surface area contributed by atoms with Gasteiger partial charge in [-0.1, -0.05) is 62.4 Å². The number of carbonyl (C=O) groups is 1. The van der Waals surface area contributed by atoms with Crippen LogP contribution in [-0.2, 0) is 30.0 Å². The average molecular weight is 625 g/mol. The minimum absolute atomic E-state index is 0.0405. The van der Waals surface area contributed by atoms with Gasteiger partial charge >= 0.3 is 13.7 Å². The number of nitrogens with zero attached hydrogens (tertiary/aromatic N) is 4. The van der Waals surface area contributed by atoms with E-state index in [4.69, 9.17) is 24.3 Å². The van der Waals surface area contributed by atoms with E-state index in [1.165, 1.54) is 6.33 Å². The number of nitrogens with one attached hydrogen (secondary N) is 1. The van der Waals surface area contributed by atoms with Crippen molar-refractivity contribution in [3.63, 3.8) is 0 Å². The Kier molecular flexibility index (Phi) is 9.92. The summed E-state index contributed by atoms with van der Waals surface area (Å²) in [4.78, 5) is 26.2. The van der Waals surface area contributed by atoms with Gasteiger partial charge in [-0.2, -0.15) is 5.09 Å². The minimum Gasteiger partial charge on any atom is -0.460 e. The van der Waals surface area contributed by atoms with Crippen molar-refractivity contribution >= 4 is 30.7 Å². The molecule has 1 saturated heterocycles. The molecule has 234 valence electrons. The summed E-state index contributed by atoms with van der Waals surface area (Å²) >= 11 is 0. The third-order valence-corrected chi connectivity index (χ3v) is 8.63. The van der Waals surface area contributed by atoms with E-state index < -0.39 is 44.8 Å². The number of ether oxygens (including phenoxy) is 2. The lowest BCUT2D eigenvalue weighted by Crippen LogP contribution is -2.40. The number of rotatable bonds is 13. The fourth-order valence-electron chi connectivity index (χ4n) is 4.98. The van der Waals surface area contributed by atoms with E-state index in [0.29, 0.717) is 23.4 Å². The van der Waals surface area contributed by atoms with E-state index in [1.807, 2.05) is 44.2 Å². The van der Waals surface area contributed by atoms with Crippen LogP contribution in [0.4, 0.5) is 5.82 Å². The molecule has 0 spiro atoms. The first kappa shape index (κ1) is 31.6. The van der Waals surface area contributed by atoms with E-state index in [0.717, 1.165) is 5.56 Å². The first-order valence-electron chi connectivity index (χ1n) is 14.4. The van der Waals surface area contributed by atoms with Gasteiger partial charge in [0.2, 0.25) is 0 Å². The highest BCUT2D eigenvalue weighted by molar-refractivity contribution is 7.52. The second-order valence-corrected chi connectivity index (χ2v) is 12.6. The second-order valence-electron chi connectivity index (χ2n) is 11.0. The molecule has 14 heteroatoms. The topological polar surface area (TPSA) is 173 Å². The second kappa shape index (κ2) is 13.8. The van der Waals surface area contributed by atoms with Gasteiger partial charge in [0.1, 0.15) is 48.2 Å². The van der Waals surface area contributed by atoms with Crippen LogP contribution in [0.3, 0.4) is 0 Å². The largest absolute Gasteiger partial charge is 0.460 e. The first-order valence-corrected chi connectivity index (χ1v) is 15.9. The van der Waals surface area contributed by atoms with Crippen molar-refractivity contribution in [2.45, 2.75) is 64.7 Å². The van der Waals surface area contributed by atoms with Crippen LogP contribution in [0.5, 0.6) is 5.75 Å². The van der Waals surface area contributed by atoms with Gasteiger partial charge in [-0.25, -0.2) is 19.5 Å². The Labute approximate surface area is 255 Å². The van der Waals surface area contributed by atoms with Crippen molar-refractivity contribution in [2.24, 2.45) is 5.92 Å². The van der Waals surface area contributed by atoms with Gasteiger partial charge in [-0.3, -0.25) is 13.9 Å². The number of imidazole rings is 1. The van der Waals surface area contributed by atoms with E-state index in [-0.39, 0.29) is 30.5 Å². The average Bonchev–Trinajstić information content (AvgIpc) is 3.60. The summed E-state index contributed by atoms with van der Waals surface area (Å²) in [5, 5.41) is 13.1. The van der Waals surface area contributed by atoms with Crippen molar-refractivity contribution in [2.75, 3.05) is 12.3 Å². The number of aryl methyl sites for hydroxylation is 1. The van der Waals surface area contributed by atoms with E-state index >= 15 is 0 Å². The zero-order valence-corrected chi connectivity index (χ0v) is 25.7. The van der Waals surface area contributed by atoms with Crippen molar-refractivity contribution < 1.29 is 33.0 Å². The molecule has 4 aromatic rings. The molecular weight excluding hydrogens is 587 g/mol. The van der Waals surface area contributed by atoms with Crippen LogP contribution in [0.25, 0.3) is 11.2 Å². The number of fused-ring (bicyclic) bond motifs is 1. The fourth-order valence-corrected chi connectivity index (χ4v) is 6.70. The summed E-state index contributed by atoms with van der Waals surface area (Å²) in [6, 6.07) is 16.8. The molecule has 0 bridgehead atoms. The third kappa shape index (κ3) is 7.61. The van der Waals surface area contributed by atoms with Crippen molar-refractivity contribution in [1.82, 2.24) is 24.6 Å². The number of nitrogen functional groups attached to an aromatic ring is 1. The van der Waals surface area contributed by atoms with E-state index in [9.17, 15) is 14.5 Å². The molecule has 2 aromatic heterocycles. The summed E-state index contributed by atoms with van der Waals surface area (Å²) < 4.78 is 40.0. The van der Waals surface area contributed by atoms with E-state index in [2.05, 4.69) is 20.0 Å². The van der Waals surface area contributed by atoms with Crippen LogP contribution in [-0.4, -0.2) is 55.5 Å². The van der Waals surface area contributed by atoms with Crippen LogP contribution in [0.1, 0.15) is 44.3 Å². The molecule has 0 saturated carbocycles. The molecular formula is C30H37N6O7P. The lowest BCUT2D eigenvalue weighted by Gasteiger charge is -2.28. The molecule has 1 aliphatic rings. The van der Waals surface area contributed by atoms with Crippen molar-refractivity contribution in [1.29, 1.82) is 0 Å². The number of nitrogens with two attached hydrogens (primary N) is 1. The molecule has 2 aromatic carbocycles. The number of aliphatic hydroxyl groups is 1. The highest BCUT2D eigenvalue weighted by Gasteiger charge is 2.44. The molecule has 1 fully saturated rings. The molecule has 13 nitrogen and oxygen atoms in total. The number of esters is 1. The van der Waals surface area contributed by atoms with Gasteiger partial charge in [0.15, 0.2) is 11.5 Å². The number of carbonyl (C=O) groups excluding carboxylic acids is 1. The van der Waals surface area contributed by atoms with Crippen LogP contribution >= 0.6 is 7.75 Å². The number of aromatic nitrogens is 4. The lowest BCUT2D eigenvalue weighted by molar-refractivity contribution is -0.147. The zero-order chi connectivity index (χ0) is 31.3. The number of hydrogen-bond donors (Lipinski definition) is 3. The smallest absolute Gasteiger partial charge is 0.459 e. The maximum atomic E-state index is 14.5. The Balaban J connectivity index is 1.39. The monoisotopic (exact) mass is 624 g/mol. The molecule has 44 heavy (non-hydrogen) atoms. The van der Waals surface area contributed by atoms with Gasteiger partial charge in [0.05, 0.1) is 12.9 Å². The van der Waals surface area contributed by atoms with Gasteiger partial charge in [-0.05, 0) is 37.0 Å². The number of hydrogen-bond acceptors (Lipinski definition) is 11. The molecule has 5 rings (SSSR count). The Hall–Kier alpha value is -3.87. The summed E-state index contributed by atoms with van der Waals surface area (Å²) in [5.74, 6) is 0.403. The van der Waals surface area contributed by atoms with Crippen LogP contribution in [0, 0.1) is 12.8 Å². The maximum absolute atomic E-state index is 14.5. The fraction of sp³-hybridized carbons (Fsp3) is 0.400. The maximum Gasteiger partial charge on any atom is 0.459 e. The molecule has 0 amide bonds. The minimum atomic E-state index is -4.28. The highest BCUT2D eigenvalue weighted by atomic mass is 31.2. The van der Waals surface area contributed by atoms with Crippen LogP contribution in [0.15, 0.2) is 67.0 Å². The molecule has 5 atom stereocenters. The molecule has 1 unspecified atom stereocenters. The summed E-state index contributed by atoms with van der Waals surface area (Å²) in [6.07, 6.45) is -0.463. The molecule has 3 heterocycles. The Morgan fingerprint density at radius 2 is 1.86 bits per heavy atom. The van der Waals surface area contributed by atoms with E-state index in [1.54, 1.807) is 41.8 Å². The number of aliphatic hydroxyl groups excluding tert-OH is 1. The Morgan fingerprint density at radius 3 is 2.55 bits per heavy atom. The van der Waals surface area contributed by atoms with Gasteiger partial charge < -0.3 is 24.8 Å². The molecule has 4 N–H and O–H groups in total. The predicted octanol–water partition coefficient (Wildman–Crippen LogP) is 4.32. The third-order valence-electron chi connectivity index (χ3n) is 7.00. The molecule has 1 aliphatic heterocycles. The Morgan fingerprint density at radius 1 is 1.16 bits per heavy atom. The first-order chi connectivity index (χ1) is 21.1. The number of para-hydroxylation sites is 1. The summed E-state index contributed by atoms with van der Waals surface area (Å²) in [6.45, 7) is 5.22. The Bertz CT molecular complexity index is 1600. The van der Waals surface area contributed by atoms with Crippen molar-refractivity contribution in [3.8, 4) is 5.75 Å². The number of anilines is 1. The standard InChI is InChI=1S/C30H37N6O7P/c1-19(2)14-23(30(38)40-17-21-10-6-4-7-11-21)35-44(39,42-22-12-8-5-9-13-22)43-24-15-26(41-25(24)16-37)36-18-32-27-28(31)33-20(3)34-29(27)36/h4-13,18-19,23-26,37H,14-17H2,1-3H3,(H,35,39)(H2,31,33,34)/t23-,24+,25+,26+,44?/m0/s1. The van der Waals surface area contributed by atoms with Gasteiger partial charge in [-0.15, -0.1) is 0 Å². The van der Waals surface area contributed by atoms with Crippen LogP contribution in [0.2, 0.25) is 0 Å². The number of benzene rings is 2. The zero-order valence-electron chi connectivity index (χ0n) is 24.8. The lowest BCUT2D eigenvalue weighted by atomic mass is 10.1. The van der Waals surface area contributed by atoms with Crippen molar-refractivity contribution in [3.05, 3.63) is 78.4 Å². The normalized spacial score (nSPS) is 20.4. The highest BCUT2D eigenvalue weighted by Crippen LogP contribution is 2.50.